The van der Waals surface area contributed by atoms with E-state index < -0.39 is 0 Å². The van der Waals surface area contributed by atoms with Crippen LogP contribution in [0.3, 0.4) is 0 Å². The van der Waals surface area contributed by atoms with Crippen LogP contribution in [0.4, 0.5) is 0 Å². The topological polar surface area (TPSA) is 33.2 Å². The summed E-state index contributed by atoms with van der Waals surface area (Å²) in [6.07, 6.45) is 3.83. The molecule has 1 aromatic carbocycles. The van der Waals surface area contributed by atoms with Gasteiger partial charge in [0.2, 0.25) is 0 Å². The van der Waals surface area contributed by atoms with Gasteiger partial charge in [0.1, 0.15) is 4.60 Å². The van der Waals surface area contributed by atoms with Crippen molar-refractivity contribution in [2.24, 2.45) is 0 Å². The molecule has 102 valence electrons. The van der Waals surface area contributed by atoms with Gasteiger partial charge in [-0.2, -0.15) is 0 Å². The lowest BCUT2D eigenvalue weighted by Gasteiger charge is -2.22. The molecule has 20 heavy (non-hydrogen) atoms. The van der Waals surface area contributed by atoms with E-state index in [2.05, 4.69) is 33.0 Å². The number of amides is 1. The van der Waals surface area contributed by atoms with E-state index in [4.69, 9.17) is 0 Å². The monoisotopic (exact) mass is 330 g/mol. The van der Waals surface area contributed by atoms with Crippen LogP contribution in [0, 0.1) is 0 Å². The molecule has 0 radical (unpaired) electrons. The highest BCUT2D eigenvalue weighted by Gasteiger charge is 2.33. The van der Waals surface area contributed by atoms with Crippen LogP contribution < -0.4 is 0 Å². The first-order valence-electron chi connectivity index (χ1n) is 6.70. The zero-order valence-electron chi connectivity index (χ0n) is 11.0. The van der Waals surface area contributed by atoms with Crippen molar-refractivity contribution < 1.29 is 4.79 Å². The van der Waals surface area contributed by atoms with Gasteiger partial charge in [-0.25, -0.2) is 4.98 Å². The smallest absolute Gasteiger partial charge is 0.255 e. The number of carbonyl (C=O) groups excluding carboxylic acids is 1. The van der Waals surface area contributed by atoms with Crippen molar-refractivity contribution in [2.45, 2.75) is 25.4 Å². The Hall–Kier alpha value is -1.68. The van der Waals surface area contributed by atoms with E-state index in [1.54, 1.807) is 12.3 Å². The average Bonchev–Trinajstić information content (AvgIpc) is 3.30. The van der Waals surface area contributed by atoms with Gasteiger partial charge in [0.05, 0.1) is 5.56 Å². The first-order valence-corrected chi connectivity index (χ1v) is 7.50. The lowest BCUT2D eigenvalue weighted by Crippen LogP contribution is -2.32. The second kappa shape index (κ2) is 5.75. The molecule has 0 spiro atoms. The van der Waals surface area contributed by atoms with Gasteiger partial charge in [-0.1, -0.05) is 30.3 Å². The molecule has 1 heterocycles. The standard InChI is InChI=1S/C16H15BrN2O/c17-15-9-6-13(10-18-15)16(20)19(14-7-8-14)11-12-4-2-1-3-5-12/h1-6,9-10,14H,7-8,11H2. The highest BCUT2D eigenvalue weighted by Crippen LogP contribution is 2.29. The van der Waals surface area contributed by atoms with Gasteiger partial charge in [-0.3, -0.25) is 4.79 Å². The number of hydrogen-bond donors (Lipinski definition) is 0. The van der Waals surface area contributed by atoms with Gasteiger partial charge in [0, 0.05) is 18.8 Å². The lowest BCUT2D eigenvalue weighted by atomic mass is 10.2. The molecular weight excluding hydrogens is 316 g/mol. The van der Waals surface area contributed by atoms with Crippen LogP contribution in [0.15, 0.2) is 53.3 Å². The molecule has 3 nitrogen and oxygen atoms in total. The summed E-state index contributed by atoms with van der Waals surface area (Å²) in [4.78, 5) is 18.7. The number of benzene rings is 1. The summed E-state index contributed by atoms with van der Waals surface area (Å²) in [5, 5.41) is 0. The first-order chi connectivity index (χ1) is 9.74. The van der Waals surface area contributed by atoms with Crippen molar-refractivity contribution in [3.8, 4) is 0 Å². The van der Waals surface area contributed by atoms with E-state index in [9.17, 15) is 4.79 Å². The number of pyridine rings is 1. The van der Waals surface area contributed by atoms with Crippen LogP contribution in [-0.2, 0) is 6.54 Å². The Morgan fingerprint density at radius 3 is 2.55 bits per heavy atom. The van der Waals surface area contributed by atoms with Crippen LogP contribution in [0.25, 0.3) is 0 Å². The Labute approximate surface area is 126 Å². The summed E-state index contributed by atoms with van der Waals surface area (Å²) >= 11 is 3.29. The largest absolute Gasteiger partial charge is 0.331 e. The fourth-order valence-corrected chi connectivity index (χ4v) is 2.44. The highest BCUT2D eigenvalue weighted by atomic mass is 79.9. The summed E-state index contributed by atoms with van der Waals surface area (Å²) in [5.74, 6) is 0.0661. The van der Waals surface area contributed by atoms with Crippen LogP contribution in [0.2, 0.25) is 0 Å². The van der Waals surface area contributed by atoms with Crippen molar-refractivity contribution >= 4 is 21.8 Å². The number of rotatable bonds is 4. The van der Waals surface area contributed by atoms with Gasteiger partial charge in [0.15, 0.2) is 0 Å². The van der Waals surface area contributed by atoms with Crippen molar-refractivity contribution in [1.82, 2.24) is 9.88 Å². The third-order valence-corrected chi connectivity index (χ3v) is 3.89. The lowest BCUT2D eigenvalue weighted by molar-refractivity contribution is 0.0729. The molecule has 1 aliphatic rings. The van der Waals surface area contributed by atoms with E-state index in [1.165, 1.54) is 0 Å². The third kappa shape index (κ3) is 3.07. The Bertz CT molecular complexity index is 594. The molecule has 1 aliphatic carbocycles. The zero-order valence-corrected chi connectivity index (χ0v) is 12.6. The molecule has 1 fully saturated rings. The summed E-state index contributed by atoms with van der Waals surface area (Å²) in [7, 11) is 0. The SMILES string of the molecule is O=C(c1ccc(Br)nc1)N(Cc1ccccc1)C1CC1. The molecule has 1 amide bonds. The maximum atomic E-state index is 12.6. The zero-order chi connectivity index (χ0) is 13.9. The van der Waals surface area contributed by atoms with Crippen LogP contribution in [0.5, 0.6) is 0 Å². The van der Waals surface area contributed by atoms with E-state index in [1.807, 2.05) is 29.2 Å². The third-order valence-electron chi connectivity index (χ3n) is 3.42. The molecule has 0 saturated heterocycles. The summed E-state index contributed by atoms with van der Waals surface area (Å²) < 4.78 is 0.745. The van der Waals surface area contributed by atoms with Crippen LogP contribution in [0.1, 0.15) is 28.8 Å². The summed E-state index contributed by atoms with van der Waals surface area (Å²) in [6.45, 7) is 0.667. The summed E-state index contributed by atoms with van der Waals surface area (Å²) in [6, 6.07) is 14.1. The fourth-order valence-electron chi connectivity index (χ4n) is 2.20. The van der Waals surface area contributed by atoms with Gasteiger partial charge >= 0.3 is 0 Å². The molecule has 1 aromatic heterocycles. The molecule has 0 atom stereocenters. The highest BCUT2D eigenvalue weighted by molar-refractivity contribution is 9.10. The van der Waals surface area contributed by atoms with Crippen molar-refractivity contribution in [3.63, 3.8) is 0 Å². The maximum absolute atomic E-state index is 12.6. The van der Waals surface area contributed by atoms with Gasteiger partial charge < -0.3 is 4.90 Å². The molecule has 0 N–H and O–H groups in total. The van der Waals surface area contributed by atoms with Gasteiger partial charge in [-0.05, 0) is 46.5 Å². The van der Waals surface area contributed by atoms with E-state index >= 15 is 0 Å². The van der Waals surface area contributed by atoms with E-state index in [0.29, 0.717) is 18.2 Å². The Balaban J connectivity index is 1.80. The average molecular weight is 331 g/mol. The minimum Gasteiger partial charge on any atom is -0.331 e. The number of aromatic nitrogens is 1. The molecule has 0 aliphatic heterocycles. The Kier molecular flexibility index (Phi) is 3.83. The predicted octanol–water partition coefficient (Wildman–Crippen LogP) is 3.65. The molecular formula is C16H15BrN2O. The summed E-state index contributed by atoms with van der Waals surface area (Å²) in [5.41, 5.74) is 1.81. The van der Waals surface area contributed by atoms with Crippen LogP contribution >= 0.6 is 15.9 Å². The molecule has 3 rings (SSSR count). The predicted molar refractivity (Wildman–Crippen MR) is 81.3 cm³/mol. The number of carbonyl (C=O) groups is 1. The Morgan fingerprint density at radius 2 is 1.95 bits per heavy atom. The van der Waals surface area contributed by atoms with Crippen molar-refractivity contribution in [3.05, 3.63) is 64.4 Å². The van der Waals surface area contributed by atoms with Crippen molar-refractivity contribution in [1.29, 1.82) is 0 Å². The molecule has 2 aromatic rings. The normalized spacial score (nSPS) is 14.1. The minimum atomic E-state index is 0.0661. The molecule has 0 bridgehead atoms. The molecule has 4 heteroatoms. The fraction of sp³-hybridized carbons (Fsp3) is 0.250. The van der Waals surface area contributed by atoms with E-state index in [-0.39, 0.29) is 5.91 Å². The van der Waals surface area contributed by atoms with Gasteiger partial charge in [-0.15, -0.1) is 0 Å². The van der Waals surface area contributed by atoms with Gasteiger partial charge in [0.25, 0.3) is 5.91 Å². The number of nitrogens with zero attached hydrogens (tertiary/aromatic N) is 2. The van der Waals surface area contributed by atoms with E-state index in [0.717, 1.165) is 23.0 Å². The van der Waals surface area contributed by atoms with Crippen molar-refractivity contribution in [2.75, 3.05) is 0 Å². The maximum Gasteiger partial charge on any atom is 0.255 e. The Morgan fingerprint density at radius 1 is 1.20 bits per heavy atom. The second-order valence-corrected chi connectivity index (χ2v) is 5.83. The minimum absolute atomic E-state index is 0.0661. The molecule has 0 unspecified atom stereocenters. The molecule has 1 saturated carbocycles. The second-order valence-electron chi connectivity index (χ2n) is 5.02. The first kappa shape index (κ1) is 13.3. The number of hydrogen-bond acceptors (Lipinski definition) is 2. The van der Waals surface area contributed by atoms with Crippen LogP contribution in [-0.4, -0.2) is 21.8 Å². The quantitative estimate of drug-likeness (QED) is 0.801. The number of halogens is 1.